The lowest BCUT2D eigenvalue weighted by Gasteiger charge is -2.07. The lowest BCUT2D eigenvalue weighted by atomic mass is 10.2. The molecule has 7 heteroatoms. The van der Waals surface area contributed by atoms with Crippen LogP contribution in [0.3, 0.4) is 0 Å². The number of benzene rings is 1. The molecule has 4 nitrogen and oxygen atoms in total. The molecule has 1 heterocycles. The molecule has 21 heavy (non-hydrogen) atoms. The molecule has 0 fully saturated rings. The summed E-state index contributed by atoms with van der Waals surface area (Å²) >= 11 is 5.87. The van der Waals surface area contributed by atoms with Gasteiger partial charge in [-0.2, -0.15) is 5.10 Å². The smallest absolute Gasteiger partial charge is 0.263 e. The SMILES string of the molecule is CCc1nn(Cc2ccc(Cl)cc2)c(CC)c1S(=O)(=O)Cl. The second-order valence-electron chi connectivity index (χ2n) is 4.65. The summed E-state index contributed by atoms with van der Waals surface area (Å²) in [6, 6.07) is 7.38. The Morgan fingerprint density at radius 1 is 1.14 bits per heavy atom. The molecule has 1 aromatic heterocycles. The fourth-order valence-corrected chi connectivity index (χ4v) is 3.94. The molecule has 0 amide bonds. The number of rotatable bonds is 5. The molecule has 1 aromatic carbocycles. The highest BCUT2D eigenvalue weighted by Gasteiger charge is 2.25. The van der Waals surface area contributed by atoms with E-state index in [2.05, 4.69) is 5.10 Å². The van der Waals surface area contributed by atoms with Crippen molar-refractivity contribution in [3.63, 3.8) is 0 Å². The van der Waals surface area contributed by atoms with Gasteiger partial charge in [0.2, 0.25) is 0 Å². The number of aromatic nitrogens is 2. The van der Waals surface area contributed by atoms with E-state index in [4.69, 9.17) is 22.3 Å². The van der Waals surface area contributed by atoms with Crippen LogP contribution in [0.5, 0.6) is 0 Å². The van der Waals surface area contributed by atoms with Gasteiger partial charge in [-0.1, -0.05) is 37.6 Å². The van der Waals surface area contributed by atoms with Crippen LogP contribution in [0, 0.1) is 0 Å². The molecule has 0 aliphatic rings. The highest BCUT2D eigenvalue weighted by molar-refractivity contribution is 8.13. The second kappa shape index (κ2) is 6.38. The van der Waals surface area contributed by atoms with Crippen LogP contribution in [0.4, 0.5) is 0 Å². The van der Waals surface area contributed by atoms with E-state index in [-0.39, 0.29) is 4.90 Å². The average Bonchev–Trinajstić information content (AvgIpc) is 2.79. The third kappa shape index (κ3) is 3.59. The molecular formula is C14H16Cl2N2O2S. The van der Waals surface area contributed by atoms with Crippen LogP contribution in [0.1, 0.15) is 30.8 Å². The van der Waals surface area contributed by atoms with Crippen molar-refractivity contribution in [3.8, 4) is 0 Å². The Morgan fingerprint density at radius 2 is 1.76 bits per heavy atom. The Hall–Kier alpha value is -1.04. The summed E-state index contributed by atoms with van der Waals surface area (Å²) in [5.74, 6) is 0. The van der Waals surface area contributed by atoms with Gasteiger partial charge in [0, 0.05) is 15.7 Å². The van der Waals surface area contributed by atoms with Crippen molar-refractivity contribution in [3.05, 3.63) is 46.2 Å². The van der Waals surface area contributed by atoms with Crippen LogP contribution in [-0.2, 0) is 28.4 Å². The summed E-state index contributed by atoms with van der Waals surface area (Å²) in [6.45, 7) is 4.24. The molecule has 0 atom stereocenters. The van der Waals surface area contributed by atoms with E-state index < -0.39 is 9.05 Å². The summed E-state index contributed by atoms with van der Waals surface area (Å²) in [4.78, 5) is 0.156. The molecule has 0 saturated carbocycles. The maximum atomic E-state index is 11.8. The van der Waals surface area contributed by atoms with Crippen molar-refractivity contribution in [1.82, 2.24) is 9.78 Å². The van der Waals surface area contributed by atoms with Gasteiger partial charge in [-0.25, -0.2) is 8.42 Å². The first-order chi connectivity index (χ1) is 9.86. The predicted molar refractivity (Wildman–Crippen MR) is 84.6 cm³/mol. The monoisotopic (exact) mass is 346 g/mol. The number of nitrogens with zero attached hydrogens (tertiary/aromatic N) is 2. The first-order valence-corrected chi connectivity index (χ1v) is 9.33. The maximum absolute atomic E-state index is 11.8. The minimum atomic E-state index is -3.80. The van der Waals surface area contributed by atoms with Gasteiger partial charge >= 0.3 is 0 Å². The van der Waals surface area contributed by atoms with E-state index in [1.807, 2.05) is 26.0 Å². The minimum absolute atomic E-state index is 0.156. The van der Waals surface area contributed by atoms with Gasteiger partial charge < -0.3 is 0 Å². The highest BCUT2D eigenvalue weighted by atomic mass is 35.7. The van der Waals surface area contributed by atoms with Crippen LogP contribution in [0.15, 0.2) is 29.2 Å². The van der Waals surface area contributed by atoms with Crippen LogP contribution >= 0.6 is 22.3 Å². The largest absolute Gasteiger partial charge is 0.264 e. The van der Waals surface area contributed by atoms with Crippen LogP contribution in [0.25, 0.3) is 0 Å². The molecule has 114 valence electrons. The topological polar surface area (TPSA) is 52.0 Å². The predicted octanol–water partition coefficient (Wildman–Crippen LogP) is 3.64. The first-order valence-electron chi connectivity index (χ1n) is 6.64. The molecule has 0 bridgehead atoms. The zero-order chi connectivity index (χ0) is 15.6. The summed E-state index contributed by atoms with van der Waals surface area (Å²) in [6.07, 6.45) is 1.06. The average molecular weight is 347 g/mol. The van der Waals surface area contributed by atoms with Crippen molar-refractivity contribution in [2.24, 2.45) is 0 Å². The van der Waals surface area contributed by atoms with Crippen molar-refractivity contribution < 1.29 is 8.42 Å². The Morgan fingerprint density at radius 3 is 2.24 bits per heavy atom. The van der Waals surface area contributed by atoms with Crippen LogP contribution in [-0.4, -0.2) is 18.2 Å². The fraction of sp³-hybridized carbons (Fsp3) is 0.357. The molecule has 0 N–H and O–H groups in total. The summed E-state index contributed by atoms with van der Waals surface area (Å²) < 4.78 is 25.3. The van der Waals surface area contributed by atoms with Gasteiger partial charge in [-0.15, -0.1) is 0 Å². The van der Waals surface area contributed by atoms with Crippen LogP contribution < -0.4 is 0 Å². The quantitative estimate of drug-likeness (QED) is 0.776. The standard InChI is InChI=1S/C14H16Cl2N2O2S/c1-3-12-14(21(16,19)20)13(4-2)18(17-12)9-10-5-7-11(15)8-6-10/h5-8H,3-4,9H2,1-2H3. The summed E-state index contributed by atoms with van der Waals surface area (Å²) in [5.41, 5.74) is 2.14. The molecule has 0 aliphatic heterocycles. The van der Waals surface area contributed by atoms with E-state index in [1.54, 1.807) is 16.8 Å². The number of halogens is 2. The van der Waals surface area contributed by atoms with Crippen molar-refractivity contribution >= 4 is 31.3 Å². The maximum Gasteiger partial charge on any atom is 0.264 e. The summed E-state index contributed by atoms with van der Waals surface area (Å²) in [5, 5.41) is 5.06. The van der Waals surface area contributed by atoms with E-state index in [1.165, 1.54) is 0 Å². The van der Waals surface area contributed by atoms with Crippen molar-refractivity contribution in [2.45, 2.75) is 38.1 Å². The molecule has 0 unspecified atom stereocenters. The Bertz CT molecular complexity index is 737. The number of aryl methyl sites for hydroxylation is 1. The zero-order valence-electron chi connectivity index (χ0n) is 11.8. The van der Waals surface area contributed by atoms with Crippen LogP contribution in [0.2, 0.25) is 5.02 Å². The third-order valence-electron chi connectivity index (χ3n) is 3.24. The van der Waals surface area contributed by atoms with Gasteiger partial charge in [-0.05, 0) is 30.5 Å². The van der Waals surface area contributed by atoms with Gasteiger partial charge in [0.05, 0.1) is 17.9 Å². The highest BCUT2D eigenvalue weighted by Crippen LogP contribution is 2.26. The van der Waals surface area contributed by atoms with Gasteiger partial charge in [-0.3, -0.25) is 4.68 Å². The van der Waals surface area contributed by atoms with Crippen molar-refractivity contribution in [1.29, 1.82) is 0 Å². The molecule has 0 spiro atoms. The molecule has 2 aromatic rings. The Kier molecular flexibility index (Phi) is 4.96. The Labute approximate surface area is 134 Å². The van der Waals surface area contributed by atoms with Crippen molar-refractivity contribution in [2.75, 3.05) is 0 Å². The molecule has 0 radical (unpaired) electrons. The number of hydrogen-bond donors (Lipinski definition) is 0. The minimum Gasteiger partial charge on any atom is -0.263 e. The second-order valence-corrected chi connectivity index (χ2v) is 7.59. The van der Waals surface area contributed by atoms with Gasteiger partial charge in [0.15, 0.2) is 0 Å². The zero-order valence-corrected chi connectivity index (χ0v) is 14.1. The van der Waals surface area contributed by atoms with Gasteiger partial charge in [0.1, 0.15) is 4.90 Å². The normalized spacial score (nSPS) is 11.8. The van der Waals surface area contributed by atoms with Gasteiger partial charge in [0.25, 0.3) is 9.05 Å². The van der Waals surface area contributed by atoms with E-state index in [9.17, 15) is 8.42 Å². The summed E-state index contributed by atoms with van der Waals surface area (Å²) in [7, 11) is 1.77. The van der Waals surface area contributed by atoms with E-state index >= 15 is 0 Å². The first kappa shape index (κ1) is 16.3. The number of hydrogen-bond acceptors (Lipinski definition) is 3. The third-order valence-corrected chi connectivity index (χ3v) is 4.91. The lowest BCUT2D eigenvalue weighted by molar-refractivity contribution is 0.605. The molecule has 2 rings (SSSR count). The van der Waals surface area contributed by atoms with E-state index in [0.717, 1.165) is 5.56 Å². The fourth-order valence-electron chi connectivity index (χ4n) is 2.28. The molecular weight excluding hydrogens is 331 g/mol. The molecule has 0 aliphatic carbocycles. The van der Waals surface area contributed by atoms with E-state index in [0.29, 0.717) is 35.8 Å². The Balaban J connectivity index is 2.49. The lowest BCUT2D eigenvalue weighted by Crippen LogP contribution is -2.07. The molecule has 0 saturated heterocycles.